The van der Waals surface area contributed by atoms with Crippen LogP contribution in [0.15, 0.2) is 46.0 Å². The van der Waals surface area contributed by atoms with E-state index in [1.807, 2.05) is 30.1 Å². The monoisotopic (exact) mass is 291 g/mol. The summed E-state index contributed by atoms with van der Waals surface area (Å²) in [5.74, 6) is 0. The Labute approximate surface area is 124 Å². The summed E-state index contributed by atoms with van der Waals surface area (Å²) in [5.41, 5.74) is 2.77. The molecule has 0 saturated carbocycles. The zero-order valence-corrected chi connectivity index (χ0v) is 13.4. The van der Waals surface area contributed by atoms with Crippen molar-refractivity contribution in [1.82, 2.24) is 5.32 Å². The Balaban J connectivity index is 2.09. The molecule has 0 bridgehead atoms. The summed E-state index contributed by atoms with van der Waals surface area (Å²) >= 11 is 3.76. The van der Waals surface area contributed by atoms with E-state index in [9.17, 15) is 0 Å². The van der Waals surface area contributed by atoms with E-state index in [1.165, 1.54) is 15.3 Å². The fourth-order valence-corrected chi connectivity index (χ4v) is 4.46. The molecule has 1 N–H and O–H groups in total. The van der Waals surface area contributed by atoms with Crippen LogP contribution in [0.4, 0.5) is 0 Å². The molecular formula is C16H21NS2. The fourth-order valence-electron chi connectivity index (χ4n) is 2.21. The first kappa shape index (κ1) is 14.6. The smallest absolute Gasteiger partial charge is 0.0601 e. The molecule has 0 aliphatic rings. The highest BCUT2D eigenvalue weighted by atomic mass is 32.2. The molecule has 0 amide bonds. The molecule has 0 saturated heterocycles. The lowest BCUT2D eigenvalue weighted by Gasteiger charge is -2.23. The van der Waals surface area contributed by atoms with Crippen LogP contribution < -0.4 is 5.32 Å². The van der Waals surface area contributed by atoms with Crippen molar-refractivity contribution >= 4 is 23.1 Å². The van der Waals surface area contributed by atoms with Crippen LogP contribution in [0.2, 0.25) is 0 Å². The topological polar surface area (TPSA) is 12.0 Å². The molecule has 102 valence electrons. The summed E-state index contributed by atoms with van der Waals surface area (Å²) < 4.78 is 1.39. The molecule has 1 aromatic heterocycles. The third-order valence-corrected chi connectivity index (χ3v) is 5.58. The third-order valence-electron chi connectivity index (χ3n) is 3.32. The maximum absolute atomic E-state index is 3.45. The third kappa shape index (κ3) is 3.85. The van der Waals surface area contributed by atoms with Crippen LogP contribution in [0.3, 0.4) is 0 Å². The minimum Gasteiger partial charge on any atom is -0.312 e. The van der Waals surface area contributed by atoms with Gasteiger partial charge in [0.25, 0.3) is 0 Å². The van der Waals surface area contributed by atoms with Gasteiger partial charge in [0.15, 0.2) is 0 Å². The average molecular weight is 291 g/mol. The molecule has 0 aliphatic carbocycles. The molecule has 0 spiro atoms. The fraction of sp³-hybridized carbons (Fsp3) is 0.375. The summed E-state index contributed by atoms with van der Waals surface area (Å²) in [4.78, 5) is 0. The second kappa shape index (κ2) is 7.13. The van der Waals surface area contributed by atoms with Gasteiger partial charge in [-0.15, -0.1) is 23.1 Å². The zero-order valence-electron chi connectivity index (χ0n) is 11.7. The highest BCUT2D eigenvalue weighted by Gasteiger charge is 2.18. The van der Waals surface area contributed by atoms with Gasteiger partial charge in [0.1, 0.15) is 0 Å². The Morgan fingerprint density at radius 2 is 1.95 bits per heavy atom. The van der Waals surface area contributed by atoms with Crippen LogP contribution in [0, 0.1) is 0 Å². The average Bonchev–Trinajstić information content (AvgIpc) is 2.93. The molecule has 2 unspecified atom stereocenters. The first-order chi connectivity index (χ1) is 9.24. The Bertz CT molecular complexity index is 476. The highest BCUT2D eigenvalue weighted by molar-refractivity contribution is 8.01. The number of thiophene rings is 1. The van der Waals surface area contributed by atoms with E-state index in [0.29, 0.717) is 11.3 Å². The van der Waals surface area contributed by atoms with Crippen LogP contribution >= 0.6 is 23.1 Å². The lowest BCUT2D eigenvalue weighted by Crippen LogP contribution is -2.25. The van der Waals surface area contributed by atoms with Gasteiger partial charge in [-0.05, 0) is 36.0 Å². The van der Waals surface area contributed by atoms with E-state index in [-0.39, 0.29) is 0 Å². The predicted octanol–water partition coefficient (Wildman–Crippen LogP) is 4.75. The van der Waals surface area contributed by atoms with Gasteiger partial charge in [0.2, 0.25) is 0 Å². The van der Waals surface area contributed by atoms with Gasteiger partial charge in [-0.1, -0.05) is 44.2 Å². The van der Waals surface area contributed by atoms with E-state index >= 15 is 0 Å². The number of aryl methyl sites for hydroxylation is 1. The van der Waals surface area contributed by atoms with Crippen molar-refractivity contribution in [2.24, 2.45) is 0 Å². The number of rotatable bonds is 6. The lowest BCUT2D eigenvalue weighted by molar-refractivity contribution is 0.589. The second-order valence-electron chi connectivity index (χ2n) is 4.62. The van der Waals surface area contributed by atoms with Gasteiger partial charge < -0.3 is 5.32 Å². The van der Waals surface area contributed by atoms with Crippen LogP contribution in [-0.2, 0) is 6.42 Å². The summed E-state index contributed by atoms with van der Waals surface area (Å²) in [6.45, 7) is 4.49. The summed E-state index contributed by atoms with van der Waals surface area (Å²) in [5, 5.41) is 6.10. The van der Waals surface area contributed by atoms with Crippen molar-refractivity contribution < 1.29 is 0 Å². The molecule has 2 rings (SSSR count). The van der Waals surface area contributed by atoms with Crippen molar-refractivity contribution in [3.8, 4) is 0 Å². The van der Waals surface area contributed by atoms with Crippen LogP contribution in [0.1, 0.15) is 31.0 Å². The number of hydrogen-bond donors (Lipinski definition) is 1. The Morgan fingerprint density at radius 3 is 2.47 bits per heavy atom. The van der Waals surface area contributed by atoms with E-state index in [4.69, 9.17) is 0 Å². The van der Waals surface area contributed by atoms with Gasteiger partial charge in [-0.2, -0.15) is 0 Å². The van der Waals surface area contributed by atoms with Gasteiger partial charge in [0, 0.05) is 11.3 Å². The van der Waals surface area contributed by atoms with E-state index < -0.39 is 0 Å². The van der Waals surface area contributed by atoms with Crippen LogP contribution in [-0.4, -0.2) is 12.3 Å². The van der Waals surface area contributed by atoms with Gasteiger partial charge in [-0.25, -0.2) is 0 Å². The van der Waals surface area contributed by atoms with Crippen molar-refractivity contribution in [2.45, 2.75) is 35.8 Å². The number of nitrogens with one attached hydrogen (secondary N) is 1. The van der Waals surface area contributed by atoms with Gasteiger partial charge in [-0.3, -0.25) is 0 Å². The molecule has 2 aromatic rings. The van der Waals surface area contributed by atoms with E-state index in [1.54, 1.807) is 0 Å². The van der Waals surface area contributed by atoms with Gasteiger partial charge >= 0.3 is 0 Å². The van der Waals surface area contributed by atoms with E-state index in [2.05, 4.69) is 60.9 Å². The van der Waals surface area contributed by atoms with Crippen LogP contribution in [0.25, 0.3) is 0 Å². The lowest BCUT2D eigenvalue weighted by atomic mass is 10.0. The second-order valence-corrected chi connectivity index (χ2v) is 7.24. The summed E-state index contributed by atoms with van der Waals surface area (Å²) in [7, 11) is 2.05. The highest BCUT2D eigenvalue weighted by Crippen LogP contribution is 2.34. The normalized spacial score (nSPS) is 14.3. The first-order valence-electron chi connectivity index (χ1n) is 6.71. The minimum atomic E-state index is 0.387. The molecule has 0 aliphatic heterocycles. The van der Waals surface area contributed by atoms with Crippen molar-refractivity contribution in [1.29, 1.82) is 0 Å². The number of benzene rings is 1. The quantitative estimate of drug-likeness (QED) is 0.771. The maximum atomic E-state index is 3.45. The standard InChI is InChI=1S/C16H21NS2/c1-4-13-7-9-14(10-8-13)16(17-3)12(2)19-15-6-5-11-18-15/h5-12,16-17H,4H2,1-3H3. The first-order valence-corrected chi connectivity index (χ1v) is 8.46. The SMILES string of the molecule is CCc1ccc(C(NC)C(C)Sc2cccs2)cc1. The zero-order chi connectivity index (χ0) is 13.7. The minimum absolute atomic E-state index is 0.387. The number of thioether (sulfide) groups is 1. The summed E-state index contributed by atoms with van der Waals surface area (Å²) in [6, 6.07) is 13.7. The number of hydrogen-bond acceptors (Lipinski definition) is 3. The largest absolute Gasteiger partial charge is 0.312 e. The van der Waals surface area contributed by atoms with Crippen LogP contribution in [0.5, 0.6) is 0 Å². The molecular weight excluding hydrogens is 270 g/mol. The van der Waals surface area contributed by atoms with E-state index in [0.717, 1.165) is 6.42 Å². The Hall–Kier alpha value is -0.770. The molecule has 3 heteroatoms. The van der Waals surface area contributed by atoms with Crippen molar-refractivity contribution in [3.05, 3.63) is 52.9 Å². The maximum Gasteiger partial charge on any atom is 0.0601 e. The van der Waals surface area contributed by atoms with Gasteiger partial charge in [0.05, 0.1) is 4.21 Å². The molecule has 1 nitrogen and oxygen atoms in total. The molecule has 19 heavy (non-hydrogen) atoms. The Morgan fingerprint density at radius 1 is 1.21 bits per heavy atom. The van der Waals surface area contributed by atoms with Crippen molar-refractivity contribution in [3.63, 3.8) is 0 Å². The Kier molecular flexibility index (Phi) is 5.49. The van der Waals surface area contributed by atoms with Crippen molar-refractivity contribution in [2.75, 3.05) is 7.05 Å². The molecule has 0 radical (unpaired) electrons. The molecule has 1 aromatic carbocycles. The predicted molar refractivity (Wildman–Crippen MR) is 87.3 cm³/mol. The summed E-state index contributed by atoms with van der Waals surface area (Å²) in [6.07, 6.45) is 1.10. The molecule has 0 fully saturated rings. The molecule has 1 heterocycles. The molecule has 2 atom stereocenters.